The number of carbonyl (C=O) groups excluding carboxylic acids is 2. The number of aromatic nitrogens is 2. The van der Waals surface area contributed by atoms with Gasteiger partial charge < -0.3 is 24.2 Å². The Morgan fingerprint density at radius 3 is 2.73 bits per heavy atom. The molecule has 172 valence electrons. The molecule has 2 aromatic rings. The molecule has 2 aromatic heterocycles. The lowest BCUT2D eigenvalue weighted by atomic mass is 9.91. The average molecular weight is 450 g/mol. The van der Waals surface area contributed by atoms with Crippen LogP contribution in [-0.4, -0.2) is 71.8 Å². The maximum atomic E-state index is 12.3. The van der Waals surface area contributed by atoms with Gasteiger partial charge in [0.15, 0.2) is 0 Å². The monoisotopic (exact) mass is 449 g/mol. The Morgan fingerprint density at radius 2 is 2.00 bits per heavy atom. The minimum absolute atomic E-state index is 0.122. The van der Waals surface area contributed by atoms with Gasteiger partial charge in [0.05, 0.1) is 24.5 Å². The van der Waals surface area contributed by atoms with Gasteiger partial charge in [-0.3, -0.25) is 9.78 Å². The predicted molar refractivity (Wildman–Crippen MR) is 121 cm³/mol. The first kappa shape index (κ1) is 20.3. The number of hydrogen-bond acceptors (Lipinski definition) is 7. The van der Waals surface area contributed by atoms with Gasteiger partial charge in [-0.2, -0.15) is 0 Å². The minimum atomic E-state index is -0.339. The average Bonchev–Trinajstić information content (AvgIpc) is 3.34. The van der Waals surface area contributed by atoms with Gasteiger partial charge >= 0.3 is 6.09 Å². The lowest BCUT2D eigenvalue weighted by molar-refractivity contribution is -0.117. The van der Waals surface area contributed by atoms with E-state index >= 15 is 0 Å². The summed E-state index contributed by atoms with van der Waals surface area (Å²) in [5.41, 5.74) is 3.47. The molecule has 9 heteroatoms. The number of carbonyl (C=O) groups is 2. The maximum absolute atomic E-state index is 12.3. The molecule has 0 radical (unpaired) electrons. The number of amides is 2. The zero-order valence-electron chi connectivity index (χ0n) is 18.7. The number of nitrogens with zero attached hydrogens (tertiary/aromatic N) is 5. The molecule has 9 nitrogen and oxygen atoms in total. The molecule has 33 heavy (non-hydrogen) atoms. The number of likely N-dealkylation sites (N-methyl/N-ethyl adjacent to an activating group) is 1. The Morgan fingerprint density at radius 1 is 1.15 bits per heavy atom. The third-order valence-electron chi connectivity index (χ3n) is 7.26. The number of rotatable bonds is 3. The van der Waals surface area contributed by atoms with Crippen LogP contribution in [0.4, 0.5) is 16.2 Å². The second-order valence-corrected chi connectivity index (χ2v) is 9.51. The molecule has 2 amide bonds. The number of ether oxygens (including phenoxy) is 2. The number of fused-ring (bicyclic) bond motifs is 3. The number of hydrogen-bond donors (Lipinski definition) is 0. The Labute approximate surface area is 192 Å². The van der Waals surface area contributed by atoms with E-state index < -0.39 is 0 Å². The number of pyridine rings is 2. The smallest absolute Gasteiger partial charge is 0.410 e. The van der Waals surface area contributed by atoms with Gasteiger partial charge in [-0.25, -0.2) is 9.78 Å². The van der Waals surface area contributed by atoms with E-state index in [4.69, 9.17) is 9.47 Å². The molecule has 6 heterocycles. The lowest BCUT2D eigenvalue weighted by Crippen LogP contribution is -2.46. The van der Waals surface area contributed by atoms with Crippen LogP contribution in [0, 0.1) is 0 Å². The van der Waals surface area contributed by atoms with E-state index in [-0.39, 0.29) is 23.6 Å². The van der Waals surface area contributed by atoms with Crippen molar-refractivity contribution >= 4 is 23.4 Å². The van der Waals surface area contributed by atoms with Crippen LogP contribution in [0.3, 0.4) is 0 Å². The fourth-order valence-electron chi connectivity index (χ4n) is 5.41. The van der Waals surface area contributed by atoms with Crippen molar-refractivity contribution < 1.29 is 19.1 Å². The van der Waals surface area contributed by atoms with Crippen molar-refractivity contribution in [2.24, 2.45) is 0 Å². The quantitative estimate of drug-likeness (QED) is 0.711. The Hall–Kier alpha value is -3.36. The van der Waals surface area contributed by atoms with Gasteiger partial charge in [0, 0.05) is 57.7 Å². The van der Waals surface area contributed by atoms with E-state index in [1.807, 2.05) is 23.2 Å². The molecule has 3 saturated heterocycles. The molecule has 0 saturated carbocycles. The standard InChI is InChI=1S/C24H27N5O4/c1-27-15-24(33-23(27)31)6-8-28(9-7-24)18-3-2-17(25-13-18)10-16-11-20-22(26-12-16)32-14-19-4-5-21(30)29(19)20/h2-3,11-13,19H,4-10,14-15H2,1H3/t19-/m0/s1. The van der Waals surface area contributed by atoms with Crippen LogP contribution in [0.1, 0.15) is 36.9 Å². The number of piperidine rings is 1. The molecule has 0 aliphatic carbocycles. The van der Waals surface area contributed by atoms with E-state index in [0.717, 1.165) is 55.0 Å². The first-order chi connectivity index (χ1) is 16.0. The van der Waals surface area contributed by atoms with Crippen molar-refractivity contribution in [2.75, 3.05) is 43.1 Å². The van der Waals surface area contributed by atoms with Crippen molar-refractivity contribution in [1.82, 2.24) is 14.9 Å². The molecule has 0 aromatic carbocycles. The summed E-state index contributed by atoms with van der Waals surface area (Å²) in [6.45, 7) is 2.86. The van der Waals surface area contributed by atoms with Crippen molar-refractivity contribution in [3.63, 3.8) is 0 Å². The van der Waals surface area contributed by atoms with Crippen LogP contribution in [0.2, 0.25) is 0 Å². The summed E-state index contributed by atoms with van der Waals surface area (Å²) in [5.74, 6) is 0.684. The lowest BCUT2D eigenvalue weighted by Gasteiger charge is -2.38. The van der Waals surface area contributed by atoms with Crippen molar-refractivity contribution in [3.8, 4) is 5.88 Å². The van der Waals surface area contributed by atoms with Gasteiger partial charge in [-0.15, -0.1) is 0 Å². The molecule has 3 fully saturated rings. The van der Waals surface area contributed by atoms with Crippen LogP contribution in [0.25, 0.3) is 0 Å². The van der Waals surface area contributed by atoms with Crippen molar-refractivity contribution in [2.45, 2.75) is 43.7 Å². The molecule has 1 spiro atoms. The fourth-order valence-corrected chi connectivity index (χ4v) is 5.41. The van der Waals surface area contributed by atoms with Gasteiger partial charge in [0.25, 0.3) is 0 Å². The topological polar surface area (TPSA) is 88.1 Å². The zero-order chi connectivity index (χ0) is 22.6. The normalized spacial score (nSPS) is 23.4. The van der Waals surface area contributed by atoms with Crippen LogP contribution in [0.15, 0.2) is 30.6 Å². The third-order valence-corrected chi connectivity index (χ3v) is 7.26. The summed E-state index contributed by atoms with van der Waals surface area (Å²) in [7, 11) is 1.79. The SMILES string of the molecule is CN1CC2(CCN(c3ccc(Cc4cnc5c(c4)N4C(=O)CC[C@H]4CO5)nc3)CC2)OC1=O. The summed E-state index contributed by atoms with van der Waals surface area (Å²) < 4.78 is 11.4. The predicted octanol–water partition coefficient (Wildman–Crippen LogP) is 2.38. The summed E-state index contributed by atoms with van der Waals surface area (Å²) in [6.07, 6.45) is 7.18. The molecular weight excluding hydrogens is 422 g/mol. The van der Waals surface area contributed by atoms with E-state index in [1.54, 1.807) is 18.1 Å². The van der Waals surface area contributed by atoms with Crippen LogP contribution >= 0.6 is 0 Å². The van der Waals surface area contributed by atoms with Gasteiger partial charge in [0.2, 0.25) is 11.8 Å². The van der Waals surface area contributed by atoms with E-state index in [9.17, 15) is 9.59 Å². The fraction of sp³-hybridized carbons (Fsp3) is 0.500. The Balaban J connectivity index is 1.12. The Bertz CT molecular complexity index is 1100. The van der Waals surface area contributed by atoms with E-state index in [2.05, 4.69) is 20.9 Å². The Kier molecular flexibility index (Phi) is 4.67. The second kappa shape index (κ2) is 7.60. The molecule has 4 aliphatic heterocycles. The van der Waals surface area contributed by atoms with Crippen molar-refractivity contribution in [1.29, 1.82) is 0 Å². The highest BCUT2D eigenvalue weighted by atomic mass is 16.6. The summed E-state index contributed by atoms with van der Waals surface area (Å²) in [5, 5.41) is 0. The number of anilines is 2. The third kappa shape index (κ3) is 3.55. The van der Waals surface area contributed by atoms with Crippen LogP contribution < -0.4 is 14.5 Å². The summed E-state index contributed by atoms with van der Waals surface area (Å²) in [6, 6.07) is 6.28. The highest BCUT2D eigenvalue weighted by Crippen LogP contribution is 2.38. The summed E-state index contributed by atoms with van der Waals surface area (Å²) in [4.78, 5) is 39.1. The van der Waals surface area contributed by atoms with Gasteiger partial charge in [-0.05, 0) is 30.2 Å². The van der Waals surface area contributed by atoms with Crippen LogP contribution in [-0.2, 0) is 16.0 Å². The molecule has 6 rings (SSSR count). The molecule has 4 aliphatic rings. The molecule has 0 bridgehead atoms. The van der Waals surface area contributed by atoms with E-state index in [1.165, 1.54) is 0 Å². The first-order valence-corrected chi connectivity index (χ1v) is 11.6. The molecular formula is C24H27N5O4. The second-order valence-electron chi connectivity index (χ2n) is 9.51. The largest absolute Gasteiger partial charge is 0.474 e. The molecule has 0 N–H and O–H groups in total. The minimum Gasteiger partial charge on any atom is -0.474 e. The summed E-state index contributed by atoms with van der Waals surface area (Å²) >= 11 is 0. The van der Waals surface area contributed by atoms with Gasteiger partial charge in [-0.1, -0.05) is 0 Å². The highest BCUT2D eigenvalue weighted by Gasteiger charge is 2.45. The van der Waals surface area contributed by atoms with Gasteiger partial charge in [0.1, 0.15) is 17.9 Å². The van der Waals surface area contributed by atoms with E-state index in [0.29, 0.717) is 31.9 Å². The maximum Gasteiger partial charge on any atom is 0.410 e. The van der Waals surface area contributed by atoms with Crippen molar-refractivity contribution in [3.05, 3.63) is 41.9 Å². The molecule has 1 atom stereocenters. The zero-order valence-corrected chi connectivity index (χ0v) is 18.7. The first-order valence-electron chi connectivity index (χ1n) is 11.6. The molecule has 0 unspecified atom stereocenters. The van der Waals surface area contributed by atoms with Crippen LogP contribution in [0.5, 0.6) is 5.88 Å². The highest BCUT2D eigenvalue weighted by molar-refractivity contribution is 5.97.